The highest BCUT2D eigenvalue weighted by atomic mass is 31.2. The van der Waals surface area contributed by atoms with Crippen LogP contribution in [0.3, 0.4) is 0 Å². The van der Waals surface area contributed by atoms with Crippen LogP contribution in [0.15, 0.2) is 48.5 Å². The normalized spacial score (nSPS) is 11.6. The van der Waals surface area contributed by atoms with Crippen LogP contribution in [0, 0.1) is 0 Å². The number of nitrogens with two attached hydrogens (primary N) is 1. The zero-order valence-corrected chi connectivity index (χ0v) is 13.5. The van der Waals surface area contributed by atoms with Gasteiger partial charge in [0.25, 0.3) is 5.91 Å². The smallest absolute Gasteiger partial charge is 0.344 e. The van der Waals surface area contributed by atoms with Crippen molar-refractivity contribution in [2.45, 2.75) is 0 Å². The van der Waals surface area contributed by atoms with E-state index in [4.69, 9.17) is 15.5 Å². The number of benzene rings is 2. The van der Waals surface area contributed by atoms with Crippen LogP contribution in [-0.4, -0.2) is 27.0 Å². The lowest BCUT2D eigenvalue weighted by atomic mass is 10.0. The Labute approximate surface area is 137 Å². The van der Waals surface area contributed by atoms with Crippen LogP contribution in [0.5, 0.6) is 0 Å². The number of carbonyl (C=O) groups excluding carboxylic acids is 1. The average Bonchev–Trinajstić information content (AvgIpc) is 2.94. The maximum Gasteiger partial charge on any atom is 0.344 e. The first kappa shape index (κ1) is 16.3. The molecule has 0 saturated carbocycles. The lowest BCUT2D eigenvalue weighted by Gasteiger charge is -2.08. The van der Waals surface area contributed by atoms with E-state index >= 15 is 0 Å². The number of para-hydroxylation sites is 1. The minimum atomic E-state index is -4.34. The predicted octanol–water partition coefficient (Wildman–Crippen LogP) is 2.28. The van der Waals surface area contributed by atoms with Crippen LogP contribution in [0.2, 0.25) is 0 Å². The molecule has 1 aromatic heterocycles. The van der Waals surface area contributed by atoms with E-state index in [2.05, 4.69) is 10.3 Å². The standard InChI is InChI=1S/C16H16N3O4P/c17-12-8-4-7-11-13(10-5-2-1-3-6-10)15(19-14(11)12)16(20)18-9-24(21,22)23/h1-8,19H,9,17H2,(H,18,20)(H2,21,22,23). The molecule has 6 N–H and O–H groups in total. The maximum absolute atomic E-state index is 12.4. The van der Waals surface area contributed by atoms with E-state index in [1.54, 1.807) is 12.1 Å². The zero-order chi connectivity index (χ0) is 17.3. The van der Waals surface area contributed by atoms with E-state index in [9.17, 15) is 9.36 Å². The van der Waals surface area contributed by atoms with Crippen molar-refractivity contribution in [2.75, 3.05) is 12.0 Å². The number of fused-ring (bicyclic) bond motifs is 1. The fourth-order valence-electron chi connectivity index (χ4n) is 2.58. The van der Waals surface area contributed by atoms with Gasteiger partial charge >= 0.3 is 7.60 Å². The lowest BCUT2D eigenvalue weighted by Crippen LogP contribution is -2.25. The molecule has 8 heteroatoms. The summed E-state index contributed by atoms with van der Waals surface area (Å²) in [5, 5.41) is 3.02. The highest BCUT2D eigenvalue weighted by Crippen LogP contribution is 2.36. The Balaban J connectivity index is 2.15. The number of rotatable bonds is 4. The Bertz CT molecular complexity index is 947. The van der Waals surface area contributed by atoms with Gasteiger partial charge in [-0.05, 0) is 11.6 Å². The molecule has 0 aliphatic rings. The van der Waals surface area contributed by atoms with Gasteiger partial charge in [-0.2, -0.15) is 0 Å². The summed E-state index contributed by atoms with van der Waals surface area (Å²) in [6, 6.07) is 14.6. The number of H-pyrrole nitrogens is 1. The van der Waals surface area contributed by atoms with E-state index in [1.807, 2.05) is 36.4 Å². The van der Waals surface area contributed by atoms with E-state index in [-0.39, 0.29) is 5.69 Å². The summed E-state index contributed by atoms with van der Waals surface area (Å²) >= 11 is 0. The first-order valence-electron chi connectivity index (χ1n) is 7.15. The van der Waals surface area contributed by atoms with Crippen LogP contribution in [0.4, 0.5) is 5.69 Å². The summed E-state index contributed by atoms with van der Waals surface area (Å²) < 4.78 is 11.0. The summed E-state index contributed by atoms with van der Waals surface area (Å²) in [4.78, 5) is 33.3. The van der Waals surface area contributed by atoms with Gasteiger partial charge in [0.1, 0.15) is 12.0 Å². The molecule has 0 aliphatic heterocycles. The van der Waals surface area contributed by atoms with E-state index < -0.39 is 19.8 Å². The summed E-state index contributed by atoms with van der Waals surface area (Å²) in [5.74, 6) is -0.604. The van der Waals surface area contributed by atoms with E-state index in [0.29, 0.717) is 16.8 Å². The van der Waals surface area contributed by atoms with Gasteiger partial charge in [0.15, 0.2) is 0 Å². The van der Waals surface area contributed by atoms with Crippen molar-refractivity contribution >= 4 is 30.1 Å². The molecular formula is C16H16N3O4P. The Kier molecular flexibility index (Phi) is 4.15. The van der Waals surface area contributed by atoms with Crippen molar-refractivity contribution < 1.29 is 19.1 Å². The fourth-order valence-corrected chi connectivity index (χ4v) is 2.93. The van der Waals surface area contributed by atoms with Gasteiger partial charge in [0.05, 0.1) is 11.2 Å². The Hall–Kier alpha value is -2.60. The number of carbonyl (C=O) groups is 1. The Morgan fingerprint density at radius 3 is 2.50 bits per heavy atom. The number of hydrogen-bond acceptors (Lipinski definition) is 3. The maximum atomic E-state index is 12.4. The first-order valence-corrected chi connectivity index (χ1v) is 8.95. The molecule has 0 fully saturated rings. The number of anilines is 1. The monoisotopic (exact) mass is 345 g/mol. The molecular weight excluding hydrogens is 329 g/mol. The molecule has 0 atom stereocenters. The largest absolute Gasteiger partial charge is 0.397 e. The van der Waals surface area contributed by atoms with Gasteiger partial charge in [-0.1, -0.05) is 42.5 Å². The number of hydrogen-bond donors (Lipinski definition) is 5. The van der Waals surface area contributed by atoms with Crippen molar-refractivity contribution in [1.29, 1.82) is 0 Å². The van der Waals surface area contributed by atoms with E-state index in [0.717, 1.165) is 10.9 Å². The van der Waals surface area contributed by atoms with Crippen LogP contribution in [0.25, 0.3) is 22.0 Å². The first-order chi connectivity index (χ1) is 11.4. The molecule has 0 spiro atoms. The van der Waals surface area contributed by atoms with Crippen LogP contribution < -0.4 is 11.1 Å². The predicted molar refractivity (Wildman–Crippen MR) is 92.5 cm³/mol. The molecule has 1 amide bonds. The molecule has 7 nitrogen and oxygen atoms in total. The molecule has 3 rings (SSSR count). The van der Waals surface area contributed by atoms with Crippen molar-refractivity contribution in [3.05, 3.63) is 54.2 Å². The summed E-state index contributed by atoms with van der Waals surface area (Å²) in [6.45, 7) is 0. The Morgan fingerprint density at radius 1 is 1.12 bits per heavy atom. The quantitative estimate of drug-likeness (QED) is 0.366. The number of aromatic amines is 1. The highest BCUT2D eigenvalue weighted by Gasteiger charge is 2.22. The van der Waals surface area contributed by atoms with Crippen LogP contribution >= 0.6 is 7.60 Å². The van der Waals surface area contributed by atoms with Crippen LogP contribution in [-0.2, 0) is 4.57 Å². The van der Waals surface area contributed by atoms with Crippen molar-refractivity contribution in [2.24, 2.45) is 0 Å². The van der Waals surface area contributed by atoms with Crippen molar-refractivity contribution in [3.8, 4) is 11.1 Å². The molecule has 0 aliphatic carbocycles. The van der Waals surface area contributed by atoms with Gasteiger partial charge < -0.3 is 25.8 Å². The second-order valence-electron chi connectivity index (χ2n) is 5.34. The molecule has 1 heterocycles. The van der Waals surface area contributed by atoms with Gasteiger partial charge in [0.2, 0.25) is 0 Å². The van der Waals surface area contributed by atoms with E-state index in [1.165, 1.54) is 0 Å². The topological polar surface area (TPSA) is 128 Å². The molecule has 0 saturated heterocycles. The number of amides is 1. The summed E-state index contributed by atoms with van der Waals surface area (Å²) in [7, 11) is -4.34. The van der Waals surface area contributed by atoms with Gasteiger partial charge in [-0.25, -0.2) is 0 Å². The number of aromatic nitrogens is 1. The second-order valence-corrected chi connectivity index (χ2v) is 6.99. The van der Waals surface area contributed by atoms with Gasteiger partial charge in [-0.15, -0.1) is 0 Å². The molecule has 0 bridgehead atoms. The number of nitrogen functional groups attached to an aromatic ring is 1. The minimum Gasteiger partial charge on any atom is -0.397 e. The van der Waals surface area contributed by atoms with Crippen LogP contribution in [0.1, 0.15) is 10.5 Å². The van der Waals surface area contributed by atoms with Crippen molar-refractivity contribution in [3.63, 3.8) is 0 Å². The molecule has 0 unspecified atom stereocenters. The third-order valence-electron chi connectivity index (χ3n) is 3.60. The second kappa shape index (κ2) is 6.13. The van der Waals surface area contributed by atoms with Gasteiger partial charge in [0, 0.05) is 10.9 Å². The summed E-state index contributed by atoms with van der Waals surface area (Å²) in [6.07, 6.45) is -0.731. The highest BCUT2D eigenvalue weighted by molar-refractivity contribution is 7.51. The fraction of sp³-hybridized carbons (Fsp3) is 0.0625. The SMILES string of the molecule is Nc1cccc2c(-c3ccccc3)c(C(=O)NCP(=O)(O)O)[nH]c12. The third kappa shape index (κ3) is 3.19. The zero-order valence-electron chi connectivity index (χ0n) is 12.6. The third-order valence-corrected chi connectivity index (χ3v) is 4.17. The molecule has 3 aromatic rings. The molecule has 0 radical (unpaired) electrons. The minimum absolute atomic E-state index is 0.211. The van der Waals surface area contributed by atoms with Gasteiger partial charge in [-0.3, -0.25) is 9.36 Å². The number of nitrogens with one attached hydrogen (secondary N) is 2. The summed E-state index contributed by atoms with van der Waals surface area (Å²) in [5.41, 5.74) is 8.72. The molecule has 24 heavy (non-hydrogen) atoms. The molecule has 124 valence electrons. The lowest BCUT2D eigenvalue weighted by molar-refractivity contribution is 0.0953. The average molecular weight is 345 g/mol. The van der Waals surface area contributed by atoms with Crippen molar-refractivity contribution in [1.82, 2.24) is 10.3 Å². The molecule has 2 aromatic carbocycles. The Morgan fingerprint density at radius 2 is 1.83 bits per heavy atom.